The first-order chi connectivity index (χ1) is 14.3. The fraction of sp³-hybridized carbons (Fsp3) is 0.280. The van der Waals surface area contributed by atoms with Crippen LogP contribution >= 0.6 is 12.4 Å². The van der Waals surface area contributed by atoms with Crippen molar-refractivity contribution in [3.63, 3.8) is 0 Å². The van der Waals surface area contributed by atoms with E-state index >= 15 is 0 Å². The fourth-order valence-corrected chi connectivity index (χ4v) is 3.27. The van der Waals surface area contributed by atoms with E-state index in [0.29, 0.717) is 12.2 Å². The highest BCUT2D eigenvalue weighted by Gasteiger charge is 2.30. The predicted molar refractivity (Wildman–Crippen MR) is 121 cm³/mol. The Bertz CT molecular complexity index is 912. The average Bonchev–Trinajstić information content (AvgIpc) is 2.72. The number of benzene rings is 3. The first kappa shape index (κ1) is 24.8. The van der Waals surface area contributed by atoms with Crippen LogP contribution in [-0.2, 0) is 12.7 Å². The third-order valence-electron chi connectivity index (χ3n) is 4.98. The maximum atomic E-state index is 12.8. The van der Waals surface area contributed by atoms with Crippen molar-refractivity contribution in [1.29, 1.82) is 0 Å². The second kappa shape index (κ2) is 11.2. The predicted octanol–water partition coefficient (Wildman–Crippen LogP) is 7.08. The molecular formula is C25H27ClF3NO. The number of alkyl halides is 3. The lowest BCUT2D eigenvalue weighted by Crippen LogP contribution is -2.22. The molecule has 1 unspecified atom stereocenters. The molecule has 3 rings (SSSR count). The minimum atomic E-state index is -4.35. The summed E-state index contributed by atoms with van der Waals surface area (Å²) in [5, 5.41) is 0. The van der Waals surface area contributed by atoms with Gasteiger partial charge in [0.1, 0.15) is 11.9 Å². The zero-order chi connectivity index (χ0) is 21.6. The fourth-order valence-electron chi connectivity index (χ4n) is 3.27. The molecule has 0 N–H and O–H groups in total. The standard InChI is InChI=1S/C25H26F3NO.ClH/c1-19-8-10-21(11-9-19)24(16-17-29(2)18-20-6-4-3-5-7-20)30-23-14-12-22(13-15-23)25(26,27)28;/h3-15,24H,16-18H2,1-2H3;1H. The van der Waals surface area contributed by atoms with Gasteiger partial charge in [0.05, 0.1) is 5.56 Å². The highest BCUT2D eigenvalue weighted by Crippen LogP contribution is 2.32. The lowest BCUT2D eigenvalue weighted by atomic mass is 10.0. The molecule has 0 heterocycles. The van der Waals surface area contributed by atoms with Crippen molar-refractivity contribution in [3.8, 4) is 5.75 Å². The molecule has 3 aromatic rings. The average molecular weight is 450 g/mol. The van der Waals surface area contributed by atoms with E-state index < -0.39 is 11.7 Å². The Morgan fingerprint density at radius 1 is 0.871 bits per heavy atom. The van der Waals surface area contributed by atoms with Crippen LogP contribution in [-0.4, -0.2) is 18.5 Å². The van der Waals surface area contributed by atoms with Gasteiger partial charge < -0.3 is 9.64 Å². The van der Waals surface area contributed by atoms with Gasteiger partial charge >= 0.3 is 6.18 Å². The Balaban J connectivity index is 0.00000341. The van der Waals surface area contributed by atoms with Crippen LogP contribution in [0.3, 0.4) is 0 Å². The molecule has 0 fully saturated rings. The number of aryl methyl sites for hydroxylation is 1. The van der Waals surface area contributed by atoms with Gasteiger partial charge in [-0.2, -0.15) is 13.2 Å². The molecule has 0 aliphatic rings. The molecule has 31 heavy (non-hydrogen) atoms. The maximum Gasteiger partial charge on any atom is 0.416 e. The van der Waals surface area contributed by atoms with Crippen LogP contribution < -0.4 is 4.74 Å². The summed E-state index contributed by atoms with van der Waals surface area (Å²) in [5.41, 5.74) is 2.71. The molecule has 0 aliphatic carbocycles. The van der Waals surface area contributed by atoms with Gasteiger partial charge in [-0.1, -0.05) is 60.2 Å². The molecule has 0 radical (unpaired) electrons. The van der Waals surface area contributed by atoms with Crippen molar-refractivity contribution in [2.45, 2.75) is 32.2 Å². The molecule has 0 saturated carbocycles. The number of hydrogen-bond donors (Lipinski definition) is 0. The lowest BCUT2D eigenvalue weighted by Gasteiger charge is -2.24. The number of nitrogens with zero attached hydrogens (tertiary/aromatic N) is 1. The van der Waals surface area contributed by atoms with Gasteiger partial charge in [-0.05, 0) is 49.4 Å². The van der Waals surface area contributed by atoms with Crippen molar-refractivity contribution >= 4 is 12.4 Å². The summed E-state index contributed by atoms with van der Waals surface area (Å²) in [6.07, 6.45) is -3.89. The Morgan fingerprint density at radius 2 is 1.48 bits per heavy atom. The molecule has 3 aromatic carbocycles. The minimum Gasteiger partial charge on any atom is -0.486 e. The van der Waals surface area contributed by atoms with Gasteiger partial charge in [0.15, 0.2) is 0 Å². The molecule has 0 saturated heterocycles. The Labute approximate surface area is 188 Å². The van der Waals surface area contributed by atoms with Crippen LogP contribution in [0.1, 0.15) is 34.8 Å². The summed E-state index contributed by atoms with van der Waals surface area (Å²) in [7, 11) is 2.05. The SMILES string of the molecule is Cc1ccc(C(CCN(C)Cc2ccccc2)Oc2ccc(C(F)(F)F)cc2)cc1.Cl. The van der Waals surface area contributed by atoms with Gasteiger partial charge in [-0.3, -0.25) is 0 Å². The summed E-state index contributed by atoms with van der Waals surface area (Å²) in [6, 6.07) is 23.2. The van der Waals surface area contributed by atoms with E-state index in [-0.39, 0.29) is 18.5 Å². The van der Waals surface area contributed by atoms with E-state index in [2.05, 4.69) is 24.1 Å². The second-order valence-corrected chi connectivity index (χ2v) is 7.55. The largest absolute Gasteiger partial charge is 0.486 e. The third kappa shape index (κ3) is 7.60. The van der Waals surface area contributed by atoms with Crippen molar-refractivity contribution in [1.82, 2.24) is 4.90 Å². The van der Waals surface area contributed by atoms with E-state index in [1.807, 2.05) is 49.4 Å². The number of ether oxygens (including phenoxy) is 1. The van der Waals surface area contributed by atoms with E-state index in [1.54, 1.807) is 0 Å². The molecule has 0 spiro atoms. The van der Waals surface area contributed by atoms with Gasteiger partial charge in [0, 0.05) is 19.5 Å². The molecule has 1 atom stereocenters. The highest BCUT2D eigenvalue weighted by molar-refractivity contribution is 5.85. The summed E-state index contributed by atoms with van der Waals surface area (Å²) >= 11 is 0. The third-order valence-corrected chi connectivity index (χ3v) is 4.98. The number of hydrogen-bond acceptors (Lipinski definition) is 2. The summed E-state index contributed by atoms with van der Waals surface area (Å²) < 4.78 is 44.6. The smallest absolute Gasteiger partial charge is 0.416 e. The maximum absolute atomic E-state index is 12.8. The Hall–Kier alpha value is -2.50. The normalized spacial score (nSPS) is 12.3. The molecular weight excluding hydrogens is 423 g/mol. The van der Waals surface area contributed by atoms with E-state index in [9.17, 15) is 13.2 Å². The van der Waals surface area contributed by atoms with E-state index in [0.717, 1.165) is 36.3 Å². The summed E-state index contributed by atoms with van der Waals surface area (Å²) in [6.45, 7) is 3.62. The first-order valence-electron chi connectivity index (χ1n) is 9.94. The van der Waals surface area contributed by atoms with Gasteiger partial charge in [0.25, 0.3) is 0 Å². The molecule has 2 nitrogen and oxygen atoms in total. The first-order valence-corrected chi connectivity index (χ1v) is 9.94. The van der Waals surface area contributed by atoms with E-state index in [1.165, 1.54) is 17.7 Å². The van der Waals surface area contributed by atoms with Crippen molar-refractivity contribution < 1.29 is 17.9 Å². The van der Waals surface area contributed by atoms with Crippen LogP contribution in [0.15, 0.2) is 78.9 Å². The Kier molecular flexibility index (Phi) is 8.96. The van der Waals surface area contributed by atoms with E-state index in [4.69, 9.17) is 4.74 Å². The monoisotopic (exact) mass is 449 g/mol. The topological polar surface area (TPSA) is 12.5 Å². The Morgan fingerprint density at radius 3 is 2.06 bits per heavy atom. The zero-order valence-corrected chi connectivity index (χ0v) is 18.4. The summed E-state index contributed by atoms with van der Waals surface area (Å²) in [5.74, 6) is 0.430. The van der Waals surface area contributed by atoms with Crippen molar-refractivity contribution in [2.24, 2.45) is 0 Å². The zero-order valence-electron chi connectivity index (χ0n) is 17.6. The van der Waals surface area contributed by atoms with Gasteiger partial charge in [0.2, 0.25) is 0 Å². The number of halogens is 4. The number of rotatable bonds is 8. The molecule has 0 aromatic heterocycles. The molecule has 6 heteroatoms. The van der Waals surface area contributed by atoms with Crippen LogP contribution in [0.25, 0.3) is 0 Å². The highest BCUT2D eigenvalue weighted by atomic mass is 35.5. The quantitative estimate of drug-likeness (QED) is 0.364. The van der Waals surface area contributed by atoms with Crippen LogP contribution in [0.2, 0.25) is 0 Å². The van der Waals surface area contributed by atoms with Crippen molar-refractivity contribution in [2.75, 3.05) is 13.6 Å². The van der Waals surface area contributed by atoms with Crippen LogP contribution in [0.4, 0.5) is 13.2 Å². The molecule has 0 bridgehead atoms. The minimum absolute atomic E-state index is 0. The van der Waals surface area contributed by atoms with Crippen LogP contribution in [0.5, 0.6) is 5.75 Å². The van der Waals surface area contributed by atoms with Crippen molar-refractivity contribution in [3.05, 3.63) is 101 Å². The second-order valence-electron chi connectivity index (χ2n) is 7.55. The van der Waals surface area contributed by atoms with Gasteiger partial charge in [-0.25, -0.2) is 0 Å². The molecule has 166 valence electrons. The lowest BCUT2D eigenvalue weighted by molar-refractivity contribution is -0.137. The molecule has 0 amide bonds. The molecule has 0 aliphatic heterocycles. The summed E-state index contributed by atoms with van der Waals surface area (Å²) in [4.78, 5) is 2.21. The van der Waals surface area contributed by atoms with Crippen LogP contribution in [0, 0.1) is 6.92 Å². The van der Waals surface area contributed by atoms with Gasteiger partial charge in [-0.15, -0.1) is 12.4 Å².